The zero-order valence-corrected chi connectivity index (χ0v) is 13.7. The van der Waals surface area contributed by atoms with Crippen molar-refractivity contribution in [2.75, 3.05) is 24.3 Å². The highest BCUT2D eigenvalue weighted by atomic mass is 79.9. The Balaban J connectivity index is 1.92. The van der Waals surface area contributed by atoms with Gasteiger partial charge in [0.2, 0.25) is 5.91 Å². The van der Waals surface area contributed by atoms with E-state index in [1.54, 1.807) is 31.4 Å². The van der Waals surface area contributed by atoms with E-state index in [4.69, 9.17) is 16.3 Å². The average Bonchev–Trinajstić information content (AvgIpc) is 2.46. The number of ether oxygens (including phenoxy) is 1. The molecule has 0 bridgehead atoms. The van der Waals surface area contributed by atoms with Crippen molar-refractivity contribution in [1.82, 2.24) is 0 Å². The molecule has 6 heteroatoms. The van der Waals surface area contributed by atoms with E-state index >= 15 is 0 Å². The van der Waals surface area contributed by atoms with Crippen LogP contribution in [0, 0.1) is 0 Å². The van der Waals surface area contributed by atoms with Crippen LogP contribution in [0.3, 0.4) is 0 Å². The summed E-state index contributed by atoms with van der Waals surface area (Å²) >= 11 is 9.24. The zero-order chi connectivity index (χ0) is 15.2. The van der Waals surface area contributed by atoms with Gasteiger partial charge in [0.1, 0.15) is 5.75 Å². The molecule has 0 aliphatic carbocycles. The van der Waals surface area contributed by atoms with Crippen LogP contribution in [0.1, 0.15) is 0 Å². The molecule has 110 valence electrons. The van der Waals surface area contributed by atoms with Gasteiger partial charge in [-0.3, -0.25) is 4.79 Å². The first-order valence-electron chi connectivity index (χ1n) is 6.21. The summed E-state index contributed by atoms with van der Waals surface area (Å²) < 4.78 is 6.06. The number of hydrogen-bond acceptors (Lipinski definition) is 3. The molecule has 0 heterocycles. The SMILES string of the molecule is COc1cc(NCC(=O)Nc2cccc(Cl)c2)ccc1Br. The minimum absolute atomic E-state index is 0.150. The fourth-order valence-corrected chi connectivity index (χ4v) is 2.32. The number of halogens is 2. The first-order chi connectivity index (χ1) is 10.1. The Bertz CT molecular complexity index is 649. The molecule has 1 amide bonds. The number of carbonyl (C=O) groups excluding carboxylic acids is 1. The highest BCUT2D eigenvalue weighted by Crippen LogP contribution is 2.27. The third-order valence-electron chi connectivity index (χ3n) is 2.71. The van der Waals surface area contributed by atoms with Crippen LogP contribution >= 0.6 is 27.5 Å². The molecule has 21 heavy (non-hydrogen) atoms. The summed E-state index contributed by atoms with van der Waals surface area (Å²) in [7, 11) is 1.59. The van der Waals surface area contributed by atoms with Gasteiger partial charge in [-0.1, -0.05) is 17.7 Å². The number of methoxy groups -OCH3 is 1. The van der Waals surface area contributed by atoms with Gasteiger partial charge in [-0.2, -0.15) is 0 Å². The van der Waals surface area contributed by atoms with E-state index in [0.717, 1.165) is 10.2 Å². The maximum atomic E-state index is 11.9. The van der Waals surface area contributed by atoms with E-state index in [0.29, 0.717) is 16.5 Å². The van der Waals surface area contributed by atoms with Gasteiger partial charge >= 0.3 is 0 Å². The van der Waals surface area contributed by atoms with E-state index in [-0.39, 0.29) is 12.5 Å². The van der Waals surface area contributed by atoms with E-state index in [1.807, 2.05) is 18.2 Å². The van der Waals surface area contributed by atoms with Crippen LogP contribution in [0.2, 0.25) is 5.02 Å². The molecule has 0 aromatic heterocycles. The summed E-state index contributed by atoms with van der Waals surface area (Å²) in [5.74, 6) is 0.550. The van der Waals surface area contributed by atoms with Gasteiger partial charge < -0.3 is 15.4 Å². The van der Waals surface area contributed by atoms with Crippen molar-refractivity contribution in [1.29, 1.82) is 0 Å². The molecule has 2 N–H and O–H groups in total. The fraction of sp³-hybridized carbons (Fsp3) is 0.133. The second-order valence-corrected chi connectivity index (χ2v) is 5.55. The smallest absolute Gasteiger partial charge is 0.243 e. The summed E-state index contributed by atoms with van der Waals surface area (Å²) in [5, 5.41) is 6.38. The highest BCUT2D eigenvalue weighted by Gasteiger charge is 2.05. The second kappa shape index (κ2) is 7.33. The summed E-state index contributed by atoms with van der Waals surface area (Å²) in [6.45, 7) is 0.150. The predicted molar refractivity (Wildman–Crippen MR) is 89.3 cm³/mol. The number of nitrogens with one attached hydrogen (secondary N) is 2. The maximum absolute atomic E-state index is 11.9. The largest absolute Gasteiger partial charge is 0.495 e. The number of rotatable bonds is 5. The van der Waals surface area contributed by atoms with Gasteiger partial charge in [-0.25, -0.2) is 0 Å². The molecule has 0 fully saturated rings. The molecule has 0 aliphatic heterocycles. The second-order valence-electron chi connectivity index (χ2n) is 4.26. The molecule has 0 unspecified atom stereocenters. The van der Waals surface area contributed by atoms with Gasteiger partial charge in [-0.05, 0) is 46.3 Å². The Hall–Kier alpha value is -1.72. The molecule has 0 radical (unpaired) electrons. The third-order valence-corrected chi connectivity index (χ3v) is 3.60. The van der Waals surface area contributed by atoms with Crippen molar-refractivity contribution in [3.63, 3.8) is 0 Å². The first-order valence-corrected chi connectivity index (χ1v) is 7.38. The van der Waals surface area contributed by atoms with Crippen molar-refractivity contribution in [2.45, 2.75) is 0 Å². The molecule has 0 spiro atoms. The lowest BCUT2D eigenvalue weighted by Gasteiger charge is -2.10. The highest BCUT2D eigenvalue weighted by molar-refractivity contribution is 9.10. The molecule has 2 aromatic carbocycles. The first kappa shape index (κ1) is 15.7. The Kier molecular flexibility index (Phi) is 5.47. The van der Waals surface area contributed by atoms with Crippen LogP contribution in [0.15, 0.2) is 46.9 Å². The molecule has 0 atom stereocenters. The summed E-state index contributed by atoms with van der Waals surface area (Å²) in [4.78, 5) is 11.9. The number of carbonyl (C=O) groups is 1. The maximum Gasteiger partial charge on any atom is 0.243 e. The number of hydrogen-bond donors (Lipinski definition) is 2. The van der Waals surface area contributed by atoms with Gasteiger partial charge in [0.15, 0.2) is 0 Å². The molecule has 0 saturated heterocycles. The molecular formula is C15H14BrClN2O2. The third kappa shape index (κ3) is 4.65. The Morgan fingerprint density at radius 3 is 2.76 bits per heavy atom. The van der Waals surface area contributed by atoms with E-state index < -0.39 is 0 Å². The van der Waals surface area contributed by atoms with Crippen molar-refractivity contribution < 1.29 is 9.53 Å². The van der Waals surface area contributed by atoms with Gasteiger partial charge in [0.25, 0.3) is 0 Å². The van der Waals surface area contributed by atoms with Gasteiger partial charge in [0, 0.05) is 22.5 Å². The standard InChI is InChI=1S/C15H14BrClN2O2/c1-21-14-8-11(5-6-13(14)16)18-9-15(20)19-12-4-2-3-10(17)7-12/h2-8,18H,9H2,1H3,(H,19,20). The van der Waals surface area contributed by atoms with Gasteiger partial charge in [-0.15, -0.1) is 0 Å². The van der Waals surface area contributed by atoms with Crippen molar-refractivity contribution in [3.05, 3.63) is 52.0 Å². The van der Waals surface area contributed by atoms with E-state index in [1.165, 1.54) is 0 Å². The minimum Gasteiger partial charge on any atom is -0.495 e. The monoisotopic (exact) mass is 368 g/mol. The van der Waals surface area contributed by atoms with Crippen LogP contribution in [0.25, 0.3) is 0 Å². The molecule has 0 saturated carbocycles. The fourth-order valence-electron chi connectivity index (χ4n) is 1.72. The molecular weight excluding hydrogens is 356 g/mol. The quantitative estimate of drug-likeness (QED) is 0.832. The van der Waals surface area contributed by atoms with E-state index in [9.17, 15) is 4.79 Å². The average molecular weight is 370 g/mol. The summed E-state index contributed by atoms with van der Waals surface area (Å²) in [5.41, 5.74) is 1.47. The van der Waals surface area contributed by atoms with Crippen molar-refractivity contribution >= 4 is 44.8 Å². The van der Waals surface area contributed by atoms with Crippen molar-refractivity contribution in [3.8, 4) is 5.75 Å². The van der Waals surface area contributed by atoms with Crippen molar-refractivity contribution in [2.24, 2.45) is 0 Å². The number of amides is 1. The van der Waals surface area contributed by atoms with Crippen LogP contribution in [0.4, 0.5) is 11.4 Å². The summed E-state index contributed by atoms with van der Waals surface area (Å²) in [6.07, 6.45) is 0. The Labute approximate surface area is 136 Å². The Morgan fingerprint density at radius 1 is 1.24 bits per heavy atom. The lowest BCUT2D eigenvalue weighted by molar-refractivity contribution is -0.114. The number of benzene rings is 2. The minimum atomic E-state index is -0.154. The molecule has 2 rings (SSSR count). The molecule has 4 nitrogen and oxygen atoms in total. The predicted octanol–water partition coefficient (Wildman–Crippen LogP) is 4.16. The van der Waals surface area contributed by atoms with E-state index in [2.05, 4.69) is 26.6 Å². The van der Waals surface area contributed by atoms with Crippen LogP contribution in [-0.4, -0.2) is 19.6 Å². The lowest BCUT2D eigenvalue weighted by Crippen LogP contribution is -2.21. The van der Waals surface area contributed by atoms with Gasteiger partial charge in [0.05, 0.1) is 18.1 Å². The lowest BCUT2D eigenvalue weighted by atomic mass is 10.3. The molecule has 0 aliphatic rings. The normalized spacial score (nSPS) is 10.0. The number of anilines is 2. The Morgan fingerprint density at radius 2 is 2.05 bits per heavy atom. The summed E-state index contributed by atoms with van der Waals surface area (Å²) in [6, 6.07) is 12.6. The van der Waals surface area contributed by atoms with Crippen LogP contribution in [0.5, 0.6) is 5.75 Å². The van der Waals surface area contributed by atoms with Crippen LogP contribution in [-0.2, 0) is 4.79 Å². The zero-order valence-electron chi connectivity index (χ0n) is 11.3. The topological polar surface area (TPSA) is 50.4 Å². The van der Waals surface area contributed by atoms with Crippen LogP contribution < -0.4 is 15.4 Å². The molecule has 2 aromatic rings.